The van der Waals surface area contributed by atoms with E-state index in [-0.39, 0.29) is 5.56 Å². The molecule has 0 bridgehead atoms. The number of thiazole rings is 1. The van der Waals surface area contributed by atoms with Gasteiger partial charge in [0, 0.05) is 17.2 Å². The van der Waals surface area contributed by atoms with E-state index in [2.05, 4.69) is 10.1 Å². The summed E-state index contributed by atoms with van der Waals surface area (Å²) in [5, 5.41) is 4.38. The molecule has 0 saturated carbocycles. The van der Waals surface area contributed by atoms with Gasteiger partial charge in [0.25, 0.3) is 5.56 Å². The van der Waals surface area contributed by atoms with Crippen molar-refractivity contribution in [3.8, 4) is 28.6 Å². The lowest BCUT2D eigenvalue weighted by molar-refractivity contribution is 0.340. The maximum absolute atomic E-state index is 12.8. The zero-order valence-electron chi connectivity index (χ0n) is 16.2. The minimum Gasteiger partial charge on any atom is -0.497 e. The Morgan fingerprint density at radius 1 is 1.07 bits per heavy atom. The summed E-state index contributed by atoms with van der Waals surface area (Å²) in [5.41, 5.74) is 1.39. The van der Waals surface area contributed by atoms with Crippen LogP contribution in [-0.4, -0.2) is 35.4 Å². The summed E-state index contributed by atoms with van der Waals surface area (Å²) >= 11 is 1.28. The molecule has 0 amide bonds. The molecule has 0 saturated heterocycles. The molecule has 0 radical (unpaired) electrons. The van der Waals surface area contributed by atoms with Crippen LogP contribution in [-0.2, 0) is 0 Å². The fourth-order valence-corrected chi connectivity index (χ4v) is 3.80. The lowest BCUT2D eigenvalue weighted by Crippen LogP contribution is -2.23. The Hall–Kier alpha value is -3.39. The summed E-state index contributed by atoms with van der Waals surface area (Å²) in [6.45, 7) is 2.54. The first-order valence-electron chi connectivity index (χ1n) is 8.99. The zero-order valence-corrected chi connectivity index (χ0v) is 17.0. The van der Waals surface area contributed by atoms with Crippen molar-refractivity contribution in [3.63, 3.8) is 0 Å². The number of benzene rings is 2. The predicted molar refractivity (Wildman–Crippen MR) is 112 cm³/mol. The van der Waals surface area contributed by atoms with Gasteiger partial charge in [-0.05, 0) is 49.4 Å². The number of rotatable bonds is 6. The highest BCUT2D eigenvalue weighted by atomic mass is 32.1. The van der Waals surface area contributed by atoms with Crippen molar-refractivity contribution in [2.45, 2.75) is 6.92 Å². The summed E-state index contributed by atoms with van der Waals surface area (Å²) < 4.78 is 17.9. The highest BCUT2D eigenvalue weighted by molar-refractivity contribution is 7.15. The maximum Gasteiger partial charge on any atom is 0.291 e. The van der Waals surface area contributed by atoms with Gasteiger partial charge in [-0.15, -0.1) is 5.10 Å². The van der Waals surface area contributed by atoms with E-state index in [9.17, 15) is 4.79 Å². The lowest BCUT2D eigenvalue weighted by Gasteiger charge is -2.06. The van der Waals surface area contributed by atoms with Crippen LogP contribution in [0.1, 0.15) is 12.5 Å². The predicted octanol–water partition coefficient (Wildman–Crippen LogP) is 2.78. The molecule has 148 valence electrons. The average molecular weight is 409 g/mol. The number of fused-ring (bicyclic) bond motifs is 1. The van der Waals surface area contributed by atoms with E-state index >= 15 is 0 Å². The third kappa shape index (κ3) is 3.66. The van der Waals surface area contributed by atoms with Crippen LogP contribution in [0.2, 0.25) is 0 Å². The average Bonchev–Trinajstić information content (AvgIpc) is 3.28. The molecule has 4 aromatic rings. The Balaban J connectivity index is 1.72. The molecular formula is C21H19N3O4S. The van der Waals surface area contributed by atoms with E-state index in [1.54, 1.807) is 26.4 Å². The Morgan fingerprint density at radius 3 is 2.48 bits per heavy atom. The Morgan fingerprint density at radius 2 is 1.83 bits per heavy atom. The van der Waals surface area contributed by atoms with E-state index in [1.807, 2.05) is 43.3 Å². The van der Waals surface area contributed by atoms with Gasteiger partial charge in [-0.1, -0.05) is 11.3 Å². The Bertz CT molecular complexity index is 1260. The van der Waals surface area contributed by atoms with Crippen LogP contribution in [0.25, 0.3) is 22.4 Å². The van der Waals surface area contributed by atoms with Crippen LogP contribution >= 0.6 is 11.3 Å². The van der Waals surface area contributed by atoms with Gasteiger partial charge in [0.2, 0.25) is 4.96 Å². The van der Waals surface area contributed by atoms with E-state index in [0.29, 0.717) is 33.4 Å². The molecule has 0 atom stereocenters. The second-order valence-corrected chi connectivity index (χ2v) is 7.12. The van der Waals surface area contributed by atoms with E-state index < -0.39 is 0 Å². The van der Waals surface area contributed by atoms with Gasteiger partial charge in [0.1, 0.15) is 17.2 Å². The van der Waals surface area contributed by atoms with Crippen molar-refractivity contribution in [1.29, 1.82) is 0 Å². The summed E-state index contributed by atoms with van der Waals surface area (Å²) in [4.78, 5) is 17.8. The molecule has 2 heterocycles. The number of ether oxygens (including phenoxy) is 3. The number of methoxy groups -OCH3 is 2. The number of nitrogens with zero attached hydrogens (tertiary/aromatic N) is 3. The van der Waals surface area contributed by atoms with Gasteiger partial charge in [-0.3, -0.25) is 4.79 Å². The SMILES string of the molecule is CCOc1ccc(-c2nc3sc(=Cc4ccc(OC)cc4OC)c(=O)n3n2)cc1. The Labute approximate surface area is 170 Å². The summed E-state index contributed by atoms with van der Waals surface area (Å²) in [5.74, 6) is 2.60. The van der Waals surface area contributed by atoms with Crippen molar-refractivity contribution < 1.29 is 14.2 Å². The third-order valence-corrected chi connectivity index (χ3v) is 5.29. The number of hydrogen-bond acceptors (Lipinski definition) is 7. The molecule has 29 heavy (non-hydrogen) atoms. The van der Waals surface area contributed by atoms with Gasteiger partial charge in [-0.2, -0.15) is 9.50 Å². The first-order valence-corrected chi connectivity index (χ1v) is 9.81. The van der Waals surface area contributed by atoms with E-state index in [1.165, 1.54) is 15.9 Å². The van der Waals surface area contributed by atoms with Crippen molar-refractivity contribution >= 4 is 22.4 Å². The lowest BCUT2D eigenvalue weighted by atomic mass is 10.2. The second kappa shape index (κ2) is 7.92. The molecule has 0 aliphatic rings. The molecule has 0 unspecified atom stereocenters. The van der Waals surface area contributed by atoms with Crippen molar-refractivity contribution in [2.24, 2.45) is 0 Å². The molecule has 0 aliphatic heterocycles. The molecule has 2 aromatic heterocycles. The van der Waals surface area contributed by atoms with Crippen molar-refractivity contribution in [1.82, 2.24) is 14.6 Å². The molecule has 7 nitrogen and oxygen atoms in total. The maximum atomic E-state index is 12.8. The molecular weight excluding hydrogens is 390 g/mol. The first-order chi connectivity index (χ1) is 14.1. The molecule has 8 heteroatoms. The van der Waals surface area contributed by atoms with Crippen LogP contribution in [0.15, 0.2) is 47.3 Å². The first kappa shape index (κ1) is 18.9. The van der Waals surface area contributed by atoms with Crippen LogP contribution in [0.3, 0.4) is 0 Å². The molecule has 0 N–H and O–H groups in total. The van der Waals surface area contributed by atoms with Gasteiger partial charge < -0.3 is 14.2 Å². The fraction of sp³-hybridized carbons (Fsp3) is 0.190. The summed E-state index contributed by atoms with van der Waals surface area (Å²) in [7, 11) is 3.17. The second-order valence-electron chi connectivity index (χ2n) is 6.11. The highest BCUT2D eigenvalue weighted by Crippen LogP contribution is 2.25. The molecule has 0 aliphatic carbocycles. The van der Waals surface area contributed by atoms with Gasteiger partial charge >= 0.3 is 0 Å². The highest BCUT2D eigenvalue weighted by Gasteiger charge is 2.13. The molecule has 2 aromatic carbocycles. The minimum absolute atomic E-state index is 0.215. The monoisotopic (exact) mass is 409 g/mol. The smallest absolute Gasteiger partial charge is 0.291 e. The van der Waals surface area contributed by atoms with Gasteiger partial charge in [0.15, 0.2) is 5.82 Å². The van der Waals surface area contributed by atoms with E-state index in [0.717, 1.165) is 16.9 Å². The fourth-order valence-electron chi connectivity index (χ4n) is 2.90. The molecule has 4 rings (SSSR count). The minimum atomic E-state index is -0.215. The third-order valence-electron chi connectivity index (χ3n) is 4.33. The van der Waals surface area contributed by atoms with E-state index in [4.69, 9.17) is 14.2 Å². The number of hydrogen-bond donors (Lipinski definition) is 0. The van der Waals surface area contributed by atoms with Crippen LogP contribution < -0.4 is 24.3 Å². The van der Waals surface area contributed by atoms with Crippen molar-refractivity contribution in [3.05, 3.63) is 62.9 Å². The topological polar surface area (TPSA) is 75.0 Å². The van der Waals surface area contributed by atoms with Gasteiger partial charge in [0.05, 0.1) is 25.4 Å². The molecule has 0 spiro atoms. The standard InChI is InChI=1S/C21H19N3O4S/c1-4-28-15-8-5-13(6-9-15)19-22-21-24(23-19)20(25)18(29-21)11-14-7-10-16(26-2)12-17(14)27-3/h5-12H,4H2,1-3H3. The normalized spacial score (nSPS) is 11.8. The summed E-state index contributed by atoms with van der Waals surface area (Å²) in [6, 6.07) is 12.9. The molecule has 0 fully saturated rings. The van der Waals surface area contributed by atoms with Crippen molar-refractivity contribution in [2.75, 3.05) is 20.8 Å². The summed E-state index contributed by atoms with van der Waals surface area (Å²) in [6.07, 6.45) is 1.78. The van der Waals surface area contributed by atoms with Crippen LogP contribution in [0, 0.1) is 0 Å². The zero-order chi connectivity index (χ0) is 20.4. The van der Waals surface area contributed by atoms with Gasteiger partial charge in [-0.25, -0.2) is 0 Å². The quantitative estimate of drug-likeness (QED) is 0.488. The van der Waals surface area contributed by atoms with Crippen LogP contribution in [0.4, 0.5) is 0 Å². The largest absolute Gasteiger partial charge is 0.497 e. The Kier molecular flexibility index (Phi) is 5.18. The van der Waals surface area contributed by atoms with Crippen LogP contribution in [0.5, 0.6) is 17.2 Å². The number of aromatic nitrogens is 3.